The highest BCUT2D eigenvalue weighted by Crippen LogP contribution is 2.56. The predicted octanol–water partition coefficient (Wildman–Crippen LogP) is 5.55. The first-order valence-corrected chi connectivity index (χ1v) is 16.5. The molecule has 0 aromatic heterocycles. The summed E-state index contributed by atoms with van der Waals surface area (Å²) in [5, 5.41) is 11.4. The van der Waals surface area contributed by atoms with Gasteiger partial charge in [0.05, 0.1) is 16.3 Å². The summed E-state index contributed by atoms with van der Waals surface area (Å²) in [7, 11) is 0. The van der Waals surface area contributed by atoms with Crippen LogP contribution in [0.3, 0.4) is 0 Å². The Hall–Kier alpha value is -3.88. The summed E-state index contributed by atoms with van der Waals surface area (Å²) in [4.78, 5) is 59.2. The number of hydrogen-bond donors (Lipinski definition) is 1. The number of piperidine rings is 1. The van der Waals surface area contributed by atoms with Crippen molar-refractivity contribution in [2.24, 2.45) is 17.8 Å². The third kappa shape index (κ3) is 4.99. The Labute approximate surface area is 271 Å². The lowest BCUT2D eigenvalue weighted by Gasteiger charge is -2.42. The molecule has 1 N–H and O–H groups in total. The minimum atomic E-state index is -0.684. The van der Waals surface area contributed by atoms with Gasteiger partial charge in [-0.05, 0) is 65.1 Å². The number of Topliss-reactive ketones (excluding diaryl/α,β-unsaturated/α-hetero) is 1. The van der Waals surface area contributed by atoms with Crippen LogP contribution >= 0.6 is 15.9 Å². The molecule has 0 unspecified atom stereocenters. The predicted molar refractivity (Wildman–Crippen MR) is 173 cm³/mol. The number of amides is 2. The van der Waals surface area contributed by atoms with Gasteiger partial charge < -0.3 is 5.11 Å². The van der Waals surface area contributed by atoms with Crippen LogP contribution in [-0.4, -0.2) is 57.4 Å². The van der Waals surface area contributed by atoms with E-state index in [9.17, 15) is 24.3 Å². The third-order valence-corrected chi connectivity index (χ3v) is 11.0. The molecule has 5 aliphatic rings. The van der Waals surface area contributed by atoms with E-state index in [0.717, 1.165) is 38.0 Å². The van der Waals surface area contributed by atoms with Crippen LogP contribution in [-0.2, 0) is 32.1 Å². The standard InChI is InChI=1S/C37H35BrN2O5/c1-2-7-22-10-6-11-25(34(22)42)31-24-12-13-26-32(27(24)18-28-33(31)30(41)19-29(38)35(28)43)37(45)40(36(26)44)23-14-16-39(17-15-23)20-21-8-4-3-5-9-21/h2-6,8-12,19,23,26-27,31-32,42H,1,7,13-18,20H2/t26-,27+,31+,32-/m0/s1. The number of imide groups is 1. The maximum Gasteiger partial charge on any atom is 0.233 e. The number of likely N-dealkylation sites (tertiary alicyclic amines) is 2. The maximum absolute atomic E-state index is 14.3. The monoisotopic (exact) mass is 666 g/mol. The molecular formula is C37H35BrN2O5. The van der Waals surface area contributed by atoms with E-state index in [1.54, 1.807) is 12.1 Å². The van der Waals surface area contributed by atoms with Crippen molar-refractivity contribution >= 4 is 39.3 Å². The number of ketones is 2. The molecule has 0 saturated carbocycles. The number of phenolic OH excluding ortho intramolecular Hbond substituents is 1. The van der Waals surface area contributed by atoms with Crippen LogP contribution in [0.2, 0.25) is 0 Å². The Morgan fingerprint density at radius 3 is 2.44 bits per heavy atom. The van der Waals surface area contributed by atoms with Crippen LogP contribution in [0, 0.1) is 17.8 Å². The molecule has 2 aromatic rings. The number of aromatic hydroxyl groups is 1. The maximum atomic E-state index is 14.3. The summed E-state index contributed by atoms with van der Waals surface area (Å²) in [6.45, 7) is 6.24. The first-order chi connectivity index (χ1) is 21.8. The third-order valence-electron chi connectivity index (χ3n) is 10.4. The average Bonchev–Trinajstić information content (AvgIpc) is 3.30. The molecule has 45 heavy (non-hydrogen) atoms. The first-order valence-electron chi connectivity index (χ1n) is 15.7. The van der Waals surface area contributed by atoms with Crippen molar-refractivity contribution in [3.8, 4) is 5.75 Å². The fourth-order valence-corrected chi connectivity index (χ4v) is 8.74. The number of phenols is 1. The lowest BCUT2D eigenvalue weighted by atomic mass is 9.59. The minimum Gasteiger partial charge on any atom is -0.507 e. The first kappa shape index (κ1) is 29.8. The summed E-state index contributed by atoms with van der Waals surface area (Å²) >= 11 is 3.28. The molecular weight excluding hydrogens is 632 g/mol. The molecule has 2 aliphatic heterocycles. The van der Waals surface area contributed by atoms with E-state index in [1.807, 2.05) is 36.4 Å². The summed E-state index contributed by atoms with van der Waals surface area (Å²) < 4.78 is 0.187. The van der Waals surface area contributed by atoms with E-state index < -0.39 is 23.7 Å². The number of allylic oxidation sites excluding steroid dienone is 7. The molecule has 2 fully saturated rings. The van der Waals surface area contributed by atoms with Gasteiger partial charge in [-0.15, -0.1) is 6.58 Å². The Kier molecular flexibility index (Phi) is 7.82. The van der Waals surface area contributed by atoms with Crippen molar-refractivity contribution in [1.29, 1.82) is 0 Å². The van der Waals surface area contributed by atoms with Gasteiger partial charge in [-0.1, -0.05) is 66.3 Å². The normalized spacial score (nSPS) is 27.2. The number of benzene rings is 2. The molecule has 7 rings (SSSR count). The molecule has 230 valence electrons. The highest BCUT2D eigenvalue weighted by molar-refractivity contribution is 9.12. The van der Waals surface area contributed by atoms with E-state index in [2.05, 4.69) is 39.5 Å². The van der Waals surface area contributed by atoms with Gasteiger partial charge in [-0.3, -0.25) is 29.0 Å². The molecule has 3 aliphatic carbocycles. The van der Waals surface area contributed by atoms with Crippen LogP contribution in [0.25, 0.3) is 0 Å². The topological polar surface area (TPSA) is 95.0 Å². The van der Waals surface area contributed by atoms with E-state index in [4.69, 9.17) is 0 Å². The lowest BCUT2D eigenvalue weighted by molar-refractivity contribution is -0.144. The molecule has 2 amide bonds. The zero-order valence-corrected chi connectivity index (χ0v) is 26.5. The quantitative estimate of drug-likeness (QED) is 0.247. The number of fused-ring (bicyclic) bond motifs is 3. The zero-order chi connectivity index (χ0) is 31.4. The number of para-hydroxylation sites is 1. The van der Waals surface area contributed by atoms with Crippen molar-refractivity contribution < 1.29 is 24.3 Å². The van der Waals surface area contributed by atoms with Gasteiger partial charge >= 0.3 is 0 Å². The van der Waals surface area contributed by atoms with Gasteiger partial charge in [-0.25, -0.2) is 0 Å². The zero-order valence-electron chi connectivity index (χ0n) is 25.0. The molecule has 2 aromatic carbocycles. The highest BCUT2D eigenvalue weighted by atomic mass is 79.9. The van der Waals surface area contributed by atoms with Gasteiger partial charge in [0.25, 0.3) is 0 Å². The molecule has 7 nitrogen and oxygen atoms in total. The number of rotatable bonds is 6. The van der Waals surface area contributed by atoms with E-state index in [1.165, 1.54) is 16.5 Å². The summed E-state index contributed by atoms with van der Waals surface area (Å²) in [6.07, 6.45) is 7.50. The highest BCUT2D eigenvalue weighted by Gasteiger charge is 2.57. The van der Waals surface area contributed by atoms with Gasteiger partial charge in [0.15, 0.2) is 11.6 Å². The number of hydrogen-bond acceptors (Lipinski definition) is 6. The van der Waals surface area contributed by atoms with Gasteiger partial charge in [0, 0.05) is 54.4 Å². The van der Waals surface area contributed by atoms with Crippen molar-refractivity contribution in [2.75, 3.05) is 13.1 Å². The lowest BCUT2D eigenvalue weighted by Crippen LogP contribution is -2.47. The number of halogens is 1. The largest absolute Gasteiger partial charge is 0.507 e. The fraction of sp³-hybridized carbons (Fsp3) is 0.351. The van der Waals surface area contributed by atoms with Crippen LogP contribution < -0.4 is 0 Å². The summed E-state index contributed by atoms with van der Waals surface area (Å²) in [5.41, 5.74) is 4.01. The minimum absolute atomic E-state index is 0.0597. The van der Waals surface area contributed by atoms with E-state index in [0.29, 0.717) is 35.1 Å². The second kappa shape index (κ2) is 11.8. The number of carbonyl (C=O) groups excluding carboxylic acids is 4. The molecule has 8 heteroatoms. The Balaban J connectivity index is 1.20. The molecule has 4 atom stereocenters. The van der Waals surface area contributed by atoms with Crippen molar-refractivity contribution in [2.45, 2.75) is 50.6 Å². The van der Waals surface area contributed by atoms with Gasteiger partial charge in [0.2, 0.25) is 11.8 Å². The van der Waals surface area contributed by atoms with Crippen LogP contribution in [0.1, 0.15) is 48.3 Å². The molecule has 2 heterocycles. The summed E-state index contributed by atoms with van der Waals surface area (Å²) in [6, 6.07) is 15.6. The molecule has 2 saturated heterocycles. The van der Waals surface area contributed by atoms with Crippen LogP contribution in [0.5, 0.6) is 5.75 Å². The second-order valence-electron chi connectivity index (χ2n) is 12.8. The fourth-order valence-electron chi connectivity index (χ4n) is 8.29. The Morgan fingerprint density at radius 2 is 1.71 bits per heavy atom. The van der Waals surface area contributed by atoms with Crippen LogP contribution in [0.4, 0.5) is 0 Å². The van der Waals surface area contributed by atoms with Gasteiger partial charge in [-0.2, -0.15) is 0 Å². The Morgan fingerprint density at radius 1 is 0.956 bits per heavy atom. The average molecular weight is 668 g/mol. The molecule has 0 radical (unpaired) electrons. The molecule has 0 bridgehead atoms. The van der Waals surface area contributed by atoms with Gasteiger partial charge in [0.1, 0.15) is 5.75 Å². The number of nitrogens with zero attached hydrogens (tertiary/aromatic N) is 2. The summed E-state index contributed by atoms with van der Waals surface area (Å²) in [5.74, 6) is -3.01. The second-order valence-corrected chi connectivity index (χ2v) is 13.6. The van der Waals surface area contributed by atoms with Crippen molar-refractivity contribution in [3.63, 3.8) is 0 Å². The number of carbonyl (C=O) groups is 4. The van der Waals surface area contributed by atoms with E-state index in [-0.39, 0.29) is 46.1 Å². The molecule has 0 spiro atoms. The van der Waals surface area contributed by atoms with E-state index >= 15 is 0 Å². The van der Waals surface area contributed by atoms with Crippen molar-refractivity contribution in [3.05, 3.63) is 111 Å². The van der Waals surface area contributed by atoms with Crippen LogP contribution in [0.15, 0.2) is 94.5 Å². The smallest absolute Gasteiger partial charge is 0.233 e. The van der Waals surface area contributed by atoms with Crippen molar-refractivity contribution in [1.82, 2.24) is 9.80 Å². The SMILES string of the molecule is C=CCc1cccc([C@H]2C3=CC[C@@H]4C(=O)N(C5CCN(Cc6ccccc6)CC5)C(=O)[C@@H]4[C@@H]3CC3=C2C(=O)C=C(Br)C3=O)c1O. The Bertz CT molecular complexity index is 1710.